The molecule has 80 valence electrons. The van der Waals surface area contributed by atoms with Crippen LogP contribution in [0.3, 0.4) is 0 Å². The van der Waals surface area contributed by atoms with E-state index in [1.807, 2.05) is 12.3 Å². The number of hydrogen-bond donors (Lipinski definition) is 0. The summed E-state index contributed by atoms with van der Waals surface area (Å²) in [6.45, 7) is 1.89. The third-order valence-electron chi connectivity index (χ3n) is 1.81. The molecule has 0 atom stereocenters. The molecule has 0 aliphatic rings. The van der Waals surface area contributed by atoms with E-state index in [-0.39, 0.29) is 6.61 Å². The molecule has 0 bridgehead atoms. The highest BCUT2D eigenvalue weighted by Crippen LogP contribution is 2.20. The fraction of sp³-hybridized carbons (Fsp3) is 0.273. The summed E-state index contributed by atoms with van der Waals surface area (Å²) in [4.78, 5) is 23.6. The van der Waals surface area contributed by atoms with Gasteiger partial charge in [0.15, 0.2) is 0 Å². The summed E-state index contributed by atoms with van der Waals surface area (Å²) in [6, 6.07) is 6.99. The van der Waals surface area contributed by atoms with Gasteiger partial charge < -0.3 is 4.74 Å². The Hall–Kier alpha value is -1.29. The lowest BCUT2D eigenvalue weighted by molar-refractivity contribution is -0.137. The molecular formula is C11H12O3S. The molecule has 0 spiro atoms. The number of benzene rings is 1. The zero-order valence-corrected chi connectivity index (χ0v) is 9.47. The number of ether oxygens (including phenoxy) is 1. The molecule has 1 rings (SSSR count). The van der Waals surface area contributed by atoms with Gasteiger partial charge in [0.1, 0.15) is 0 Å². The average molecular weight is 224 g/mol. The summed E-state index contributed by atoms with van der Waals surface area (Å²) >= 11 is 1.43. The minimum atomic E-state index is -0.793. The predicted molar refractivity (Wildman–Crippen MR) is 59.2 cm³/mol. The summed E-state index contributed by atoms with van der Waals surface area (Å²) in [6.07, 6.45) is 1.86. The molecule has 15 heavy (non-hydrogen) atoms. The van der Waals surface area contributed by atoms with Crippen molar-refractivity contribution in [2.45, 2.75) is 11.8 Å². The summed E-state index contributed by atoms with van der Waals surface area (Å²) < 4.78 is 4.66. The van der Waals surface area contributed by atoms with Crippen molar-refractivity contribution < 1.29 is 14.3 Å². The number of esters is 1. The molecule has 0 fully saturated rings. The lowest BCUT2D eigenvalue weighted by Gasteiger charge is -2.04. The van der Waals surface area contributed by atoms with Crippen LogP contribution in [0, 0.1) is 0 Å². The summed E-state index contributed by atoms with van der Waals surface area (Å²) in [7, 11) is 0. The van der Waals surface area contributed by atoms with E-state index in [4.69, 9.17) is 0 Å². The van der Waals surface area contributed by atoms with Crippen LogP contribution in [-0.2, 0) is 9.53 Å². The highest BCUT2D eigenvalue weighted by atomic mass is 32.2. The molecule has 0 saturated heterocycles. The van der Waals surface area contributed by atoms with Gasteiger partial charge in [-0.05, 0) is 25.3 Å². The standard InChI is InChI=1S/C11H12O3S/c1-3-14-11(13)10(12)8-6-4-5-7-9(8)15-2/h4-7H,3H2,1-2H3. The highest BCUT2D eigenvalue weighted by molar-refractivity contribution is 7.98. The first-order chi connectivity index (χ1) is 7.20. The molecule has 0 N–H and O–H groups in total. The van der Waals surface area contributed by atoms with Gasteiger partial charge in [-0.1, -0.05) is 12.1 Å². The number of carbonyl (C=O) groups excluding carboxylic acids is 2. The number of rotatable bonds is 4. The summed E-state index contributed by atoms with van der Waals surface area (Å²) in [5.74, 6) is -1.37. The first-order valence-electron chi connectivity index (χ1n) is 4.55. The van der Waals surface area contributed by atoms with E-state index in [1.54, 1.807) is 25.1 Å². The molecule has 0 saturated carbocycles. The van der Waals surface area contributed by atoms with Gasteiger partial charge in [0.2, 0.25) is 0 Å². The van der Waals surface area contributed by atoms with Crippen LogP contribution in [0.2, 0.25) is 0 Å². The van der Waals surface area contributed by atoms with E-state index in [0.29, 0.717) is 5.56 Å². The van der Waals surface area contributed by atoms with Gasteiger partial charge in [-0.2, -0.15) is 0 Å². The van der Waals surface area contributed by atoms with Crippen molar-refractivity contribution in [3.8, 4) is 0 Å². The van der Waals surface area contributed by atoms with E-state index in [0.717, 1.165) is 4.90 Å². The van der Waals surface area contributed by atoms with Crippen LogP contribution in [0.5, 0.6) is 0 Å². The lowest BCUT2D eigenvalue weighted by Crippen LogP contribution is -2.18. The predicted octanol–water partition coefficient (Wildman–Crippen LogP) is 2.15. The minimum Gasteiger partial charge on any atom is -0.460 e. The molecule has 0 aliphatic heterocycles. The fourth-order valence-electron chi connectivity index (χ4n) is 1.14. The van der Waals surface area contributed by atoms with Crippen LogP contribution in [-0.4, -0.2) is 24.6 Å². The first-order valence-corrected chi connectivity index (χ1v) is 5.77. The van der Waals surface area contributed by atoms with Crippen LogP contribution >= 0.6 is 11.8 Å². The Morgan fingerprint density at radius 3 is 2.60 bits per heavy atom. The first kappa shape index (κ1) is 11.8. The Labute approximate surface area is 92.8 Å². The third kappa shape index (κ3) is 2.83. The maximum Gasteiger partial charge on any atom is 0.379 e. The zero-order chi connectivity index (χ0) is 11.3. The van der Waals surface area contributed by atoms with E-state index in [9.17, 15) is 9.59 Å². The second-order valence-corrected chi connectivity index (χ2v) is 3.60. The van der Waals surface area contributed by atoms with Gasteiger partial charge in [0.05, 0.1) is 6.61 Å². The lowest BCUT2D eigenvalue weighted by atomic mass is 10.1. The monoisotopic (exact) mass is 224 g/mol. The molecule has 1 aromatic carbocycles. The molecule has 0 aliphatic carbocycles. The van der Waals surface area contributed by atoms with Crippen LogP contribution in [0.1, 0.15) is 17.3 Å². The number of Topliss-reactive ketones (excluding diaryl/α,β-unsaturated/α-hetero) is 1. The number of ketones is 1. The van der Waals surface area contributed by atoms with Gasteiger partial charge in [0, 0.05) is 10.5 Å². The summed E-state index contributed by atoms with van der Waals surface area (Å²) in [5.41, 5.74) is 0.406. The maximum atomic E-state index is 11.6. The van der Waals surface area contributed by atoms with E-state index in [1.165, 1.54) is 11.8 Å². The number of hydrogen-bond acceptors (Lipinski definition) is 4. The normalized spacial score (nSPS) is 9.73. The number of thioether (sulfide) groups is 1. The molecule has 1 aromatic rings. The van der Waals surface area contributed by atoms with E-state index < -0.39 is 11.8 Å². The van der Waals surface area contributed by atoms with Gasteiger partial charge in [-0.3, -0.25) is 4.79 Å². The smallest absolute Gasteiger partial charge is 0.379 e. The average Bonchev–Trinajstić information content (AvgIpc) is 2.28. The second kappa shape index (κ2) is 5.56. The molecule has 0 amide bonds. The number of carbonyl (C=O) groups is 2. The molecule has 3 nitrogen and oxygen atoms in total. The van der Waals surface area contributed by atoms with Crippen molar-refractivity contribution in [3.05, 3.63) is 29.8 Å². The quantitative estimate of drug-likeness (QED) is 0.340. The van der Waals surface area contributed by atoms with E-state index >= 15 is 0 Å². The maximum absolute atomic E-state index is 11.6. The highest BCUT2D eigenvalue weighted by Gasteiger charge is 2.19. The third-order valence-corrected chi connectivity index (χ3v) is 2.61. The fourth-order valence-corrected chi connectivity index (χ4v) is 1.73. The van der Waals surface area contributed by atoms with Crippen molar-refractivity contribution >= 4 is 23.5 Å². The van der Waals surface area contributed by atoms with Crippen molar-refractivity contribution in [1.29, 1.82) is 0 Å². The Bertz CT molecular complexity index is 374. The van der Waals surface area contributed by atoms with Crippen LogP contribution in [0.25, 0.3) is 0 Å². The van der Waals surface area contributed by atoms with Gasteiger partial charge >= 0.3 is 5.97 Å². The van der Waals surface area contributed by atoms with Gasteiger partial charge in [-0.15, -0.1) is 11.8 Å². The largest absolute Gasteiger partial charge is 0.460 e. The molecular weight excluding hydrogens is 212 g/mol. The molecule has 0 aromatic heterocycles. The van der Waals surface area contributed by atoms with Crippen molar-refractivity contribution in [2.75, 3.05) is 12.9 Å². The molecule has 4 heteroatoms. The van der Waals surface area contributed by atoms with Crippen LogP contribution in [0.15, 0.2) is 29.2 Å². The molecule has 0 radical (unpaired) electrons. The summed E-state index contributed by atoms with van der Waals surface area (Å²) in [5, 5.41) is 0. The Morgan fingerprint density at radius 1 is 1.33 bits per heavy atom. The van der Waals surface area contributed by atoms with Gasteiger partial charge in [-0.25, -0.2) is 4.79 Å². The van der Waals surface area contributed by atoms with Crippen LogP contribution < -0.4 is 0 Å². The Balaban J connectivity index is 2.95. The Kier molecular flexibility index (Phi) is 4.37. The van der Waals surface area contributed by atoms with Crippen molar-refractivity contribution in [1.82, 2.24) is 0 Å². The van der Waals surface area contributed by atoms with E-state index in [2.05, 4.69) is 4.74 Å². The molecule has 0 heterocycles. The van der Waals surface area contributed by atoms with Gasteiger partial charge in [0.25, 0.3) is 5.78 Å². The van der Waals surface area contributed by atoms with Crippen LogP contribution in [0.4, 0.5) is 0 Å². The zero-order valence-electron chi connectivity index (χ0n) is 8.65. The second-order valence-electron chi connectivity index (χ2n) is 2.75. The SMILES string of the molecule is CCOC(=O)C(=O)c1ccccc1SC. The minimum absolute atomic E-state index is 0.214. The molecule has 0 unspecified atom stereocenters. The Morgan fingerprint density at radius 2 is 2.00 bits per heavy atom. The topological polar surface area (TPSA) is 43.4 Å². The van der Waals surface area contributed by atoms with Crippen molar-refractivity contribution in [3.63, 3.8) is 0 Å². The van der Waals surface area contributed by atoms with Crippen molar-refractivity contribution in [2.24, 2.45) is 0 Å².